The zero-order chi connectivity index (χ0) is 24.4. The molecule has 2 heterocycles. The molecule has 0 spiro atoms. The quantitative estimate of drug-likeness (QED) is 0.377. The van der Waals surface area contributed by atoms with Gasteiger partial charge in [-0.15, -0.1) is 0 Å². The van der Waals surface area contributed by atoms with E-state index in [1.807, 2.05) is 78.9 Å². The summed E-state index contributed by atoms with van der Waals surface area (Å²) in [6, 6.07) is 24.4. The minimum atomic E-state index is -0.561. The molecule has 35 heavy (non-hydrogen) atoms. The van der Waals surface area contributed by atoms with Gasteiger partial charge in [0.15, 0.2) is 0 Å². The molecule has 0 radical (unpaired) electrons. The molecule has 0 bridgehead atoms. The van der Waals surface area contributed by atoms with Gasteiger partial charge < -0.3 is 21.1 Å². The lowest BCUT2D eigenvalue weighted by Gasteiger charge is -2.28. The van der Waals surface area contributed by atoms with Crippen molar-refractivity contribution in [2.75, 3.05) is 17.2 Å². The van der Waals surface area contributed by atoms with Crippen LogP contribution in [0.1, 0.15) is 35.3 Å². The number of nitrogens with two attached hydrogens (primary N) is 1. The molecule has 0 aliphatic carbocycles. The van der Waals surface area contributed by atoms with Crippen molar-refractivity contribution in [2.24, 2.45) is 5.73 Å². The van der Waals surface area contributed by atoms with Gasteiger partial charge in [0, 0.05) is 30.3 Å². The van der Waals surface area contributed by atoms with Crippen LogP contribution in [0.2, 0.25) is 0 Å². The molecule has 1 aliphatic rings. The van der Waals surface area contributed by atoms with Gasteiger partial charge in [-0.2, -0.15) is 5.10 Å². The average Bonchev–Trinajstić information content (AvgIpc) is 3.25. The number of hydrogen-bond acceptors (Lipinski definition) is 5. The predicted molar refractivity (Wildman–Crippen MR) is 135 cm³/mol. The SMILES string of the molecule is CC(=O)Nc1ccccc1C1CCNc2c(C(N)=O)c(-c3ccc(Oc4ccccc4)cc3)nn21. The Kier molecular flexibility index (Phi) is 5.93. The Morgan fingerprint density at radius 1 is 1.00 bits per heavy atom. The Morgan fingerprint density at radius 3 is 2.40 bits per heavy atom. The standard InChI is InChI=1S/C27H25N5O3/c1-17(33)30-22-10-6-5-9-21(22)23-15-16-29-27-24(26(28)34)25(31-32(23)27)18-11-13-20(14-12-18)35-19-7-3-2-4-8-19/h2-14,23,29H,15-16H2,1H3,(H2,28,34)(H,30,33). The number of ether oxygens (including phenoxy) is 1. The van der Waals surface area contributed by atoms with Gasteiger partial charge in [-0.1, -0.05) is 36.4 Å². The highest BCUT2D eigenvalue weighted by Gasteiger charge is 2.31. The number of amides is 2. The van der Waals surface area contributed by atoms with Crippen molar-refractivity contribution in [2.45, 2.75) is 19.4 Å². The molecule has 8 heteroatoms. The third-order valence-corrected chi connectivity index (χ3v) is 5.90. The molecular formula is C27H25N5O3. The van der Waals surface area contributed by atoms with E-state index in [1.165, 1.54) is 6.92 Å². The molecule has 8 nitrogen and oxygen atoms in total. The van der Waals surface area contributed by atoms with Crippen LogP contribution in [0.15, 0.2) is 78.9 Å². The minimum absolute atomic E-state index is 0.150. The first-order valence-electron chi connectivity index (χ1n) is 11.4. The first kappa shape index (κ1) is 22.2. The number of primary amides is 1. The summed E-state index contributed by atoms with van der Waals surface area (Å²) in [6.45, 7) is 2.11. The Bertz CT molecular complexity index is 1380. The number of carbonyl (C=O) groups is 2. The molecule has 176 valence electrons. The molecule has 0 saturated heterocycles. The molecule has 1 atom stereocenters. The molecule has 2 amide bonds. The molecule has 5 rings (SSSR count). The zero-order valence-corrected chi connectivity index (χ0v) is 19.2. The first-order chi connectivity index (χ1) is 17.0. The van der Waals surface area contributed by atoms with Gasteiger partial charge in [0.25, 0.3) is 5.91 Å². The van der Waals surface area contributed by atoms with E-state index < -0.39 is 5.91 Å². The third-order valence-electron chi connectivity index (χ3n) is 5.90. The van der Waals surface area contributed by atoms with E-state index in [2.05, 4.69) is 10.6 Å². The number of benzene rings is 3. The highest BCUT2D eigenvalue weighted by molar-refractivity contribution is 6.04. The fourth-order valence-corrected chi connectivity index (χ4v) is 4.40. The number of carbonyl (C=O) groups excluding carboxylic acids is 2. The summed E-state index contributed by atoms with van der Waals surface area (Å²) in [6.07, 6.45) is 0.729. The number of anilines is 2. The summed E-state index contributed by atoms with van der Waals surface area (Å²) < 4.78 is 7.68. The minimum Gasteiger partial charge on any atom is -0.457 e. The number of hydrogen-bond donors (Lipinski definition) is 3. The fraction of sp³-hybridized carbons (Fsp3) is 0.148. The number of para-hydroxylation sites is 2. The third kappa shape index (κ3) is 4.46. The smallest absolute Gasteiger partial charge is 0.254 e. The normalized spacial score (nSPS) is 14.5. The number of aromatic nitrogens is 2. The van der Waals surface area contributed by atoms with Crippen LogP contribution in [0, 0.1) is 0 Å². The highest BCUT2D eigenvalue weighted by atomic mass is 16.5. The largest absolute Gasteiger partial charge is 0.457 e. The van der Waals surface area contributed by atoms with E-state index in [9.17, 15) is 9.59 Å². The van der Waals surface area contributed by atoms with Crippen molar-refractivity contribution >= 4 is 23.3 Å². The molecular weight excluding hydrogens is 442 g/mol. The van der Waals surface area contributed by atoms with E-state index in [-0.39, 0.29) is 11.9 Å². The number of fused-ring (bicyclic) bond motifs is 1. The number of nitrogens with zero attached hydrogens (tertiary/aromatic N) is 2. The molecule has 4 aromatic rings. The summed E-state index contributed by atoms with van der Waals surface area (Å²) >= 11 is 0. The molecule has 4 N–H and O–H groups in total. The van der Waals surface area contributed by atoms with Gasteiger partial charge in [-0.05, 0) is 48.9 Å². The first-order valence-corrected chi connectivity index (χ1v) is 11.4. The van der Waals surface area contributed by atoms with Gasteiger partial charge in [0.2, 0.25) is 5.91 Å². The number of rotatable bonds is 6. The number of nitrogens with one attached hydrogen (secondary N) is 2. The van der Waals surface area contributed by atoms with Gasteiger partial charge in [0.05, 0.1) is 6.04 Å². The van der Waals surface area contributed by atoms with Crippen molar-refractivity contribution in [3.8, 4) is 22.8 Å². The Labute approximate surface area is 202 Å². The van der Waals surface area contributed by atoms with Crippen molar-refractivity contribution < 1.29 is 14.3 Å². The van der Waals surface area contributed by atoms with E-state index in [4.69, 9.17) is 15.6 Å². The van der Waals surface area contributed by atoms with Crippen molar-refractivity contribution in [1.82, 2.24) is 9.78 Å². The second-order valence-corrected chi connectivity index (χ2v) is 8.32. The van der Waals surface area contributed by atoms with Gasteiger partial charge in [-0.25, -0.2) is 4.68 Å². The Balaban J connectivity index is 1.53. The lowest BCUT2D eigenvalue weighted by molar-refractivity contribution is -0.114. The molecule has 3 aromatic carbocycles. The second kappa shape index (κ2) is 9.34. The van der Waals surface area contributed by atoms with Gasteiger partial charge in [-0.3, -0.25) is 9.59 Å². The van der Waals surface area contributed by atoms with Crippen LogP contribution < -0.4 is 21.1 Å². The molecule has 0 fully saturated rings. The maximum atomic E-state index is 12.5. The van der Waals surface area contributed by atoms with E-state index in [1.54, 1.807) is 4.68 Å². The van der Waals surface area contributed by atoms with Crippen LogP contribution in [-0.4, -0.2) is 28.1 Å². The topological polar surface area (TPSA) is 111 Å². The van der Waals surface area contributed by atoms with Gasteiger partial charge >= 0.3 is 0 Å². The molecule has 0 saturated carbocycles. The predicted octanol–water partition coefficient (Wildman–Crippen LogP) is 4.80. The van der Waals surface area contributed by atoms with Gasteiger partial charge in [0.1, 0.15) is 28.6 Å². The lowest BCUT2D eigenvalue weighted by Crippen LogP contribution is -2.27. The summed E-state index contributed by atoms with van der Waals surface area (Å²) in [5, 5.41) is 11.0. The summed E-state index contributed by atoms with van der Waals surface area (Å²) in [5.74, 6) is 1.27. The monoisotopic (exact) mass is 467 g/mol. The van der Waals surface area contributed by atoms with E-state index in [0.29, 0.717) is 29.4 Å². The average molecular weight is 468 g/mol. The van der Waals surface area contributed by atoms with Crippen molar-refractivity contribution in [3.05, 3.63) is 90.0 Å². The van der Waals surface area contributed by atoms with Crippen LogP contribution in [0.5, 0.6) is 11.5 Å². The van der Waals surface area contributed by atoms with E-state index in [0.717, 1.165) is 29.0 Å². The fourth-order valence-electron chi connectivity index (χ4n) is 4.40. The zero-order valence-electron chi connectivity index (χ0n) is 19.2. The molecule has 1 unspecified atom stereocenters. The van der Waals surface area contributed by atoms with Crippen LogP contribution in [0.3, 0.4) is 0 Å². The summed E-state index contributed by atoms with van der Waals surface area (Å²) in [5.41, 5.74) is 9.04. The lowest BCUT2D eigenvalue weighted by atomic mass is 9.99. The highest BCUT2D eigenvalue weighted by Crippen LogP contribution is 2.39. The van der Waals surface area contributed by atoms with Crippen molar-refractivity contribution in [3.63, 3.8) is 0 Å². The maximum absolute atomic E-state index is 12.5. The van der Waals surface area contributed by atoms with Crippen LogP contribution in [0.4, 0.5) is 11.5 Å². The Hall–Kier alpha value is -4.59. The van der Waals surface area contributed by atoms with E-state index >= 15 is 0 Å². The van der Waals surface area contributed by atoms with Crippen LogP contribution in [0.25, 0.3) is 11.3 Å². The summed E-state index contributed by atoms with van der Waals surface area (Å²) in [4.78, 5) is 24.3. The Morgan fingerprint density at radius 2 is 1.69 bits per heavy atom. The molecule has 1 aromatic heterocycles. The van der Waals surface area contributed by atoms with Crippen LogP contribution in [-0.2, 0) is 4.79 Å². The van der Waals surface area contributed by atoms with Crippen LogP contribution >= 0.6 is 0 Å². The van der Waals surface area contributed by atoms with Crippen molar-refractivity contribution in [1.29, 1.82) is 0 Å². The second-order valence-electron chi connectivity index (χ2n) is 8.32. The summed E-state index contributed by atoms with van der Waals surface area (Å²) in [7, 11) is 0. The molecule has 1 aliphatic heterocycles. The maximum Gasteiger partial charge on any atom is 0.254 e.